The quantitative estimate of drug-likeness (QED) is 0.791. The summed E-state index contributed by atoms with van der Waals surface area (Å²) in [7, 11) is 0. The highest BCUT2D eigenvalue weighted by Crippen LogP contribution is 2.17. The van der Waals surface area contributed by atoms with Gasteiger partial charge in [0.15, 0.2) is 0 Å². The summed E-state index contributed by atoms with van der Waals surface area (Å²) in [6.45, 7) is 2.08. The minimum atomic E-state index is -0.740. The Labute approximate surface area is 175 Å². The first kappa shape index (κ1) is 20.1. The minimum Gasteiger partial charge on any atom is -0.382 e. The van der Waals surface area contributed by atoms with Crippen LogP contribution in [0, 0.1) is 0 Å². The van der Waals surface area contributed by atoms with Crippen molar-refractivity contribution in [3.05, 3.63) is 71.8 Å². The summed E-state index contributed by atoms with van der Waals surface area (Å²) in [5.41, 5.74) is 2.64. The van der Waals surface area contributed by atoms with E-state index in [4.69, 9.17) is 9.57 Å². The molecule has 2 heterocycles. The van der Waals surface area contributed by atoms with Gasteiger partial charge in [-0.05, 0) is 11.1 Å². The fraction of sp³-hybridized carbons (Fsp3) is 0.348. The van der Waals surface area contributed by atoms with Crippen LogP contribution in [-0.2, 0) is 25.6 Å². The molecule has 0 spiro atoms. The van der Waals surface area contributed by atoms with Gasteiger partial charge in [0.05, 0.1) is 18.9 Å². The Morgan fingerprint density at radius 3 is 2.40 bits per heavy atom. The Bertz CT molecular complexity index is 895. The number of hydrogen-bond acceptors (Lipinski definition) is 5. The van der Waals surface area contributed by atoms with E-state index in [0.717, 1.165) is 16.8 Å². The van der Waals surface area contributed by atoms with Crippen molar-refractivity contribution < 1.29 is 19.2 Å². The summed E-state index contributed by atoms with van der Waals surface area (Å²) in [6.07, 6.45) is 0.0533. The molecule has 2 amide bonds. The van der Waals surface area contributed by atoms with E-state index < -0.39 is 12.1 Å². The van der Waals surface area contributed by atoms with Crippen molar-refractivity contribution in [3.8, 4) is 0 Å². The van der Waals surface area contributed by atoms with E-state index in [-0.39, 0.29) is 11.8 Å². The number of hydrogen-bond donors (Lipinski definition) is 1. The van der Waals surface area contributed by atoms with Crippen molar-refractivity contribution in [2.75, 3.05) is 26.3 Å². The standard InChI is InChI=1S/C23H25N3O4/c27-22(21-16-19(25-30-21)18-9-5-2-6-10-18)24-20(15-17-7-3-1-4-8-17)23(28)26-11-13-29-14-12-26/h1-10,20-21H,11-16H2,(H,24,27)/t20-,21-/m0/s1. The van der Waals surface area contributed by atoms with Gasteiger partial charge < -0.3 is 19.8 Å². The van der Waals surface area contributed by atoms with Crippen molar-refractivity contribution in [2.45, 2.75) is 25.0 Å². The van der Waals surface area contributed by atoms with E-state index in [9.17, 15) is 9.59 Å². The maximum Gasteiger partial charge on any atom is 0.265 e. The number of carbonyl (C=O) groups is 2. The molecule has 0 radical (unpaired) electrons. The number of rotatable bonds is 6. The van der Waals surface area contributed by atoms with E-state index in [1.165, 1.54) is 0 Å². The first-order valence-electron chi connectivity index (χ1n) is 10.2. The van der Waals surface area contributed by atoms with E-state index >= 15 is 0 Å². The Morgan fingerprint density at radius 1 is 1.03 bits per heavy atom. The van der Waals surface area contributed by atoms with Crippen molar-refractivity contribution in [1.82, 2.24) is 10.2 Å². The second-order valence-electron chi connectivity index (χ2n) is 7.39. The molecule has 4 rings (SSSR count). The molecular formula is C23H25N3O4. The molecule has 0 unspecified atom stereocenters. The number of benzene rings is 2. The van der Waals surface area contributed by atoms with Crippen LogP contribution in [0.25, 0.3) is 0 Å². The molecule has 2 aromatic rings. The van der Waals surface area contributed by atoms with E-state index in [0.29, 0.717) is 39.1 Å². The molecule has 0 bridgehead atoms. The van der Waals surface area contributed by atoms with Crippen molar-refractivity contribution in [1.29, 1.82) is 0 Å². The lowest BCUT2D eigenvalue weighted by atomic mass is 10.0. The highest BCUT2D eigenvalue weighted by Gasteiger charge is 2.33. The smallest absolute Gasteiger partial charge is 0.265 e. The van der Waals surface area contributed by atoms with Gasteiger partial charge in [-0.15, -0.1) is 0 Å². The normalized spacial score (nSPS) is 19.5. The molecule has 1 fully saturated rings. The Balaban J connectivity index is 1.43. The second-order valence-corrected chi connectivity index (χ2v) is 7.39. The molecule has 156 valence electrons. The molecule has 7 nitrogen and oxygen atoms in total. The van der Waals surface area contributed by atoms with Crippen LogP contribution in [0.2, 0.25) is 0 Å². The van der Waals surface area contributed by atoms with Crippen LogP contribution in [-0.4, -0.2) is 60.9 Å². The average Bonchev–Trinajstić information content (AvgIpc) is 3.31. The molecule has 0 aromatic heterocycles. The predicted octanol–water partition coefficient (Wildman–Crippen LogP) is 1.77. The van der Waals surface area contributed by atoms with Crippen LogP contribution in [0.3, 0.4) is 0 Å². The van der Waals surface area contributed by atoms with Gasteiger partial charge in [0.2, 0.25) is 12.0 Å². The van der Waals surface area contributed by atoms with Crippen molar-refractivity contribution in [2.24, 2.45) is 5.16 Å². The summed E-state index contributed by atoms with van der Waals surface area (Å²) in [5, 5.41) is 6.99. The number of amides is 2. The van der Waals surface area contributed by atoms with Gasteiger partial charge >= 0.3 is 0 Å². The first-order chi connectivity index (χ1) is 14.7. The lowest BCUT2D eigenvalue weighted by Crippen LogP contribution is -2.54. The average molecular weight is 407 g/mol. The number of oxime groups is 1. The molecule has 2 aromatic carbocycles. The van der Waals surface area contributed by atoms with Crippen LogP contribution >= 0.6 is 0 Å². The Hall–Kier alpha value is -3.19. The van der Waals surface area contributed by atoms with Gasteiger partial charge in [0.25, 0.3) is 5.91 Å². The van der Waals surface area contributed by atoms with Gasteiger partial charge in [-0.2, -0.15) is 0 Å². The largest absolute Gasteiger partial charge is 0.382 e. The van der Waals surface area contributed by atoms with Crippen molar-refractivity contribution in [3.63, 3.8) is 0 Å². The van der Waals surface area contributed by atoms with Crippen molar-refractivity contribution >= 4 is 17.5 Å². The first-order valence-corrected chi connectivity index (χ1v) is 10.2. The highest BCUT2D eigenvalue weighted by atomic mass is 16.6. The predicted molar refractivity (Wildman–Crippen MR) is 112 cm³/mol. The number of morpholine rings is 1. The Kier molecular flexibility index (Phi) is 6.39. The number of ether oxygens (including phenoxy) is 1. The zero-order valence-electron chi connectivity index (χ0n) is 16.7. The molecule has 1 N–H and O–H groups in total. The molecular weight excluding hydrogens is 382 g/mol. The SMILES string of the molecule is O=C(N[C@@H](Cc1ccccc1)C(=O)N1CCOCC1)[C@@H]1CC(c2ccccc2)=NO1. The van der Waals surface area contributed by atoms with Crippen LogP contribution in [0.15, 0.2) is 65.8 Å². The summed E-state index contributed by atoms with van der Waals surface area (Å²) >= 11 is 0. The maximum absolute atomic E-state index is 13.1. The van der Waals surface area contributed by atoms with E-state index in [1.807, 2.05) is 60.7 Å². The Morgan fingerprint density at radius 2 is 1.70 bits per heavy atom. The summed E-state index contributed by atoms with van der Waals surface area (Å²) in [5.74, 6) is -0.426. The zero-order chi connectivity index (χ0) is 20.8. The topological polar surface area (TPSA) is 80.2 Å². The fourth-order valence-corrected chi connectivity index (χ4v) is 3.64. The van der Waals surface area contributed by atoms with Gasteiger partial charge in [0, 0.05) is 25.9 Å². The van der Waals surface area contributed by atoms with E-state index in [2.05, 4.69) is 10.5 Å². The molecule has 7 heteroatoms. The zero-order valence-corrected chi connectivity index (χ0v) is 16.7. The summed E-state index contributed by atoms with van der Waals surface area (Å²) < 4.78 is 5.35. The van der Waals surface area contributed by atoms with E-state index in [1.54, 1.807) is 4.90 Å². The molecule has 1 saturated heterocycles. The number of nitrogens with zero attached hydrogens (tertiary/aromatic N) is 2. The van der Waals surface area contributed by atoms with Gasteiger partial charge in [-0.3, -0.25) is 9.59 Å². The number of nitrogens with one attached hydrogen (secondary N) is 1. The van der Waals surface area contributed by atoms with Gasteiger partial charge in [0.1, 0.15) is 6.04 Å². The van der Waals surface area contributed by atoms with Crippen LogP contribution < -0.4 is 5.32 Å². The lowest BCUT2D eigenvalue weighted by molar-refractivity contribution is -0.142. The lowest BCUT2D eigenvalue weighted by Gasteiger charge is -2.31. The van der Waals surface area contributed by atoms with Crippen LogP contribution in [0.5, 0.6) is 0 Å². The second kappa shape index (κ2) is 9.54. The maximum atomic E-state index is 13.1. The van der Waals surface area contributed by atoms with Gasteiger partial charge in [-0.25, -0.2) is 0 Å². The fourth-order valence-electron chi connectivity index (χ4n) is 3.64. The summed E-state index contributed by atoms with van der Waals surface area (Å²) in [6, 6.07) is 18.6. The highest BCUT2D eigenvalue weighted by molar-refractivity contribution is 6.04. The minimum absolute atomic E-state index is 0.0994. The van der Waals surface area contributed by atoms with Crippen LogP contribution in [0.4, 0.5) is 0 Å². The third-order valence-corrected chi connectivity index (χ3v) is 5.29. The molecule has 2 atom stereocenters. The third kappa shape index (κ3) is 4.86. The third-order valence-electron chi connectivity index (χ3n) is 5.29. The summed E-state index contributed by atoms with van der Waals surface area (Å²) in [4.78, 5) is 33.2. The monoisotopic (exact) mass is 407 g/mol. The molecule has 2 aliphatic rings. The molecule has 0 saturated carbocycles. The molecule has 0 aliphatic carbocycles. The van der Waals surface area contributed by atoms with Crippen LogP contribution in [0.1, 0.15) is 17.5 Å². The molecule has 2 aliphatic heterocycles. The number of carbonyl (C=O) groups excluding carboxylic acids is 2. The van der Waals surface area contributed by atoms with Gasteiger partial charge in [-0.1, -0.05) is 65.8 Å². The molecule has 30 heavy (non-hydrogen) atoms.